The van der Waals surface area contributed by atoms with Crippen molar-refractivity contribution in [1.82, 2.24) is 0 Å². The van der Waals surface area contributed by atoms with E-state index in [2.05, 4.69) is 39.5 Å². The van der Waals surface area contributed by atoms with E-state index in [1.165, 1.54) is 57.1 Å². The van der Waals surface area contributed by atoms with Gasteiger partial charge in [0.2, 0.25) is 0 Å². The highest BCUT2D eigenvalue weighted by molar-refractivity contribution is 8.00. The molecule has 0 aliphatic carbocycles. The lowest BCUT2D eigenvalue weighted by atomic mass is 10.0. The van der Waals surface area contributed by atoms with Crippen molar-refractivity contribution in [3.05, 3.63) is 0 Å². The zero-order valence-electron chi connectivity index (χ0n) is 11.3. The van der Waals surface area contributed by atoms with Crippen LogP contribution in [-0.4, -0.2) is 10.5 Å². The molecule has 0 heterocycles. The molecule has 1 heteroatoms. The van der Waals surface area contributed by atoms with Crippen molar-refractivity contribution in [1.29, 1.82) is 0 Å². The predicted octanol–water partition coefficient (Wildman–Crippen LogP) is 5.66. The summed E-state index contributed by atoms with van der Waals surface area (Å²) < 4.78 is 0.512. The molecule has 0 aliphatic heterocycles. The Morgan fingerprint density at radius 2 is 1.33 bits per heavy atom. The summed E-state index contributed by atoms with van der Waals surface area (Å²) in [6, 6.07) is 0. The molecule has 0 spiro atoms. The summed E-state index contributed by atoms with van der Waals surface area (Å²) in [5.74, 6) is 1.25. The predicted molar refractivity (Wildman–Crippen MR) is 74.8 cm³/mol. The fraction of sp³-hybridized carbons (Fsp3) is 1.00. The van der Waals surface area contributed by atoms with Gasteiger partial charge in [-0.05, 0) is 12.2 Å². The van der Waals surface area contributed by atoms with Gasteiger partial charge < -0.3 is 0 Å². The smallest absolute Gasteiger partial charge is 0.0103 e. The van der Waals surface area contributed by atoms with Gasteiger partial charge in [0, 0.05) is 4.75 Å². The number of rotatable bonds is 10. The van der Waals surface area contributed by atoms with Crippen molar-refractivity contribution in [3.63, 3.8) is 0 Å². The van der Waals surface area contributed by atoms with Gasteiger partial charge in [-0.15, -0.1) is 0 Å². The van der Waals surface area contributed by atoms with Crippen LogP contribution in [-0.2, 0) is 0 Å². The number of unbranched alkanes of at least 4 members (excludes halogenated alkanes) is 6. The lowest BCUT2D eigenvalue weighted by Crippen LogP contribution is -2.14. The fourth-order valence-electron chi connectivity index (χ4n) is 1.97. The van der Waals surface area contributed by atoms with E-state index in [0.29, 0.717) is 4.75 Å². The topological polar surface area (TPSA) is 0 Å². The highest BCUT2D eigenvalue weighted by atomic mass is 32.2. The van der Waals surface area contributed by atoms with Crippen molar-refractivity contribution < 1.29 is 0 Å². The van der Waals surface area contributed by atoms with Crippen LogP contribution in [0.15, 0.2) is 0 Å². The third-order valence-corrected chi connectivity index (χ3v) is 4.19. The Morgan fingerprint density at radius 1 is 0.800 bits per heavy atom. The Bertz CT molecular complexity index is 129. The molecule has 0 atom stereocenters. The van der Waals surface area contributed by atoms with Crippen molar-refractivity contribution >= 4 is 11.8 Å². The van der Waals surface area contributed by atoms with Crippen LogP contribution in [0, 0.1) is 0 Å². The van der Waals surface area contributed by atoms with Crippen LogP contribution in [0.1, 0.15) is 79.1 Å². The molecule has 0 radical (unpaired) electrons. The molecule has 0 aromatic rings. The Balaban J connectivity index is 3.22. The largest absolute Gasteiger partial charge is 0.156 e. The minimum Gasteiger partial charge on any atom is -0.156 e. The summed E-state index contributed by atoms with van der Waals surface area (Å²) in [5.41, 5.74) is 0. The average Bonchev–Trinajstić information content (AvgIpc) is 2.16. The number of thioether (sulfide) groups is 1. The summed E-state index contributed by atoms with van der Waals surface area (Å²) in [5, 5.41) is 0. The maximum Gasteiger partial charge on any atom is 0.0103 e. The Labute approximate surface area is 102 Å². The van der Waals surface area contributed by atoms with Gasteiger partial charge in [0.25, 0.3) is 0 Å². The monoisotopic (exact) mass is 230 g/mol. The standard InChI is InChI=1S/C14H30S/c1-5-7-8-9-10-11-12-13-14(3,4)15-6-2/h5-13H2,1-4H3. The normalized spacial score (nSPS) is 12.0. The van der Waals surface area contributed by atoms with Gasteiger partial charge >= 0.3 is 0 Å². The van der Waals surface area contributed by atoms with Crippen molar-refractivity contribution in [2.24, 2.45) is 0 Å². The Kier molecular flexibility index (Phi) is 9.79. The van der Waals surface area contributed by atoms with E-state index in [-0.39, 0.29) is 0 Å². The second-order valence-electron chi connectivity index (χ2n) is 5.06. The molecule has 0 unspecified atom stereocenters. The molecule has 15 heavy (non-hydrogen) atoms. The molecule has 0 rings (SSSR count). The van der Waals surface area contributed by atoms with Crippen LogP contribution in [0.25, 0.3) is 0 Å². The van der Waals surface area contributed by atoms with E-state index in [9.17, 15) is 0 Å². The van der Waals surface area contributed by atoms with E-state index < -0.39 is 0 Å². The average molecular weight is 230 g/mol. The van der Waals surface area contributed by atoms with Gasteiger partial charge in [0.1, 0.15) is 0 Å². The van der Waals surface area contributed by atoms with E-state index in [1.54, 1.807) is 0 Å². The Hall–Kier alpha value is 0.350. The van der Waals surface area contributed by atoms with Crippen LogP contribution >= 0.6 is 11.8 Å². The zero-order chi connectivity index (χ0) is 11.6. The summed E-state index contributed by atoms with van der Waals surface area (Å²) in [4.78, 5) is 0. The minimum absolute atomic E-state index is 0.512. The highest BCUT2D eigenvalue weighted by Crippen LogP contribution is 2.29. The first kappa shape index (κ1) is 15.3. The van der Waals surface area contributed by atoms with Crippen LogP contribution in [0.2, 0.25) is 0 Å². The first-order valence-electron chi connectivity index (χ1n) is 6.76. The molecular formula is C14H30S. The molecule has 0 amide bonds. The molecule has 0 saturated carbocycles. The number of hydrogen-bond donors (Lipinski definition) is 0. The van der Waals surface area contributed by atoms with Crippen molar-refractivity contribution in [2.75, 3.05) is 5.75 Å². The Morgan fingerprint density at radius 3 is 1.87 bits per heavy atom. The van der Waals surface area contributed by atoms with E-state index >= 15 is 0 Å². The van der Waals surface area contributed by atoms with Gasteiger partial charge in [-0.2, -0.15) is 11.8 Å². The van der Waals surface area contributed by atoms with Crippen LogP contribution in [0.5, 0.6) is 0 Å². The second kappa shape index (κ2) is 9.57. The van der Waals surface area contributed by atoms with Gasteiger partial charge in [-0.3, -0.25) is 0 Å². The van der Waals surface area contributed by atoms with Gasteiger partial charge in [-0.25, -0.2) is 0 Å². The molecule has 0 aliphatic rings. The molecule has 0 aromatic carbocycles. The lowest BCUT2D eigenvalue weighted by molar-refractivity contribution is 0.536. The maximum absolute atomic E-state index is 2.39. The quantitative estimate of drug-likeness (QED) is 0.436. The molecule has 92 valence electrons. The first-order valence-corrected chi connectivity index (χ1v) is 7.75. The first-order chi connectivity index (χ1) is 7.12. The summed E-state index contributed by atoms with van der Waals surface area (Å²) >= 11 is 2.11. The van der Waals surface area contributed by atoms with Crippen LogP contribution in [0.4, 0.5) is 0 Å². The molecular weight excluding hydrogens is 200 g/mol. The highest BCUT2D eigenvalue weighted by Gasteiger charge is 2.15. The van der Waals surface area contributed by atoms with Crippen LogP contribution in [0.3, 0.4) is 0 Å². The molecule has 0 fully saturated rings. The third kappa shape index (κ3) is 10.6. The third-order valence-electron chi connectivity index (χ3n) is 2.92. The van der Waals surface area contributed by atoms with Gasteiger partial charge in [0.05, 0.1) is 0 Å². The SMILES string of the molecule is CCCCCCCCCC(C)(C)SCC. The van der Waals surface area contributed by atoms with Gasteiger partial charge in [-0.1, -0.05) is 72.6 Å². The molecule has 0 bridgehead atoms. The second-order valence-corrected chi connectivity index (χ2v) is 7.04. The van der Waals surface area contributed by atoms with E-state index in [4.69, 9.17) is 0 Å². The van der Waals surface area contributed by atoms with Crippen molar-refractivity contribution in [2.45, 2.75) is 83.8 Å². The summed E-state index contributed by atoms with van der Waals surface area (Å²) in [6.07, 6.45) is 11.4. The van der Waals surface area contributed by atoms with E-state index in [1.807, 2.05) is 0 Å². The summed E-state index contributed by atoms with van der Waals surface area (Å²) in [6.45, 7) is 9.32. The van der Waals surface area contributed by atoms with Crippen LogP contribution < -0.4 is 0 Å². The fourth-order valence-corrected chi connectivity index (χ4v) is 3.04. The van der Waals surface area contributed by atoms with Crippen molar-refractivity contribution in [3.8, 4) is 0 Å². The molecule has 0 nitrogen and oxygen atoms in total. The molecule has 0 aromatic heterocycles. The molecule has 0 N–H and O–H groups in total. The maximum atomic E-state index is 2.39. The zero-order valence-corrected chi connectivity index (χ0v) is 12.1. The van der Waals surface area contributed by atoms with E-state index in [0.717, 1.165) is 0 Å². The summed E-state index contributed by atoms with van der Waals surface area (Å²) in [7, 11) is 0. The number of hydrogen-bond acceptors (Lipinski definition) is 1. The van der Waals surface area contributed by atoms with Gasteiger partial charge in [0.15, 0.2) is 0 Å². The molecule has 0 saturated heterocycles. The lowest BCUT2D eigenvalue weighted by Gasteiger charge is -2.23. The minimum atomic E-state index is 0.512.